The number of anilines is 1. The van der Waals surface area contributed by atoms with Crippen molar-refractivity contribution < 1.29 is 4.74 Å². The Kier molecular flexibility index (Phi) is 3.57. The van der Waals surface area contributed by atoms with E-state index in [0.29, 0.717) is 6.04 Å². The van der Waals surface area contributed by atoms with Crippen molar-refractivity contribution in [2.75, 3.05) is 31.6 Å². The maximum absolute atomic E-state index is 5.51. The Labute approximate surface area is 141 Å². The van der Waals surface area contributed by atoms with Crippen LogP contribution in [0.15, 0.2) is 12.1 Å². The van der Waals surface area contributed by atoms with Gasteiger partial charge in [0, 0.05) is 36.8 Å². The molecule has 0 unspecified atom stereocenters. The van der Waals surface area contributed by atoms with E-state index in [0.717, 1.165) is 58.6 Å². The predicted molar refractivity (Wildman–Crippen MR) is 97.1 cm³/mol. The number of aromatic amines is 1. The minimum Gasteiger partial charge on any atom is -0.497 e. The van der Waals surface area contributed by atoms with Crippen LogP contribution in [0.25, 0.3) is 21.9 Å². The molecule has 2 aromatic heterocycles. The number of aryl methyl sites for hydroxylation is 2. The largest absolute Gasteiger partial charge is 0.497 e. The number of hydrogen-bond acceptors (Lipinski definition) is 5. The van der Waals surface area contributed by atoms with Crippen LogP contribution in [0, 0.1) is 13.8 Å². The first-order valence-corrected chi connectivity index (χ1v) is 8.40. The van der Waals surface area contributed by atoms with Crippen LogP contribution in [0.3, 0.4) is 0 Å². The van der Waals surface area contributed by atoms with Crippen molar-refractivity contribution in [3.05, 3.63) is 23.4 Å². The van der Waals surface area contributed by atoms with Gasteiger partial charge in [0.15, 0.2) is 5.65 Å². The van der Waals surface area contributed by atoms with E-state index in [-0.39, 0.29) is 0 Å². The number of hydrogen-bond donors (Lipinski definition) is 2. The summed E-state index contributed by atoms with van der Waals surface area (Å²) in [6.45, 7) is 9.28. The molecule has 1 saturated heterocycles. The molecular formula is C18H23N5O. The molecule has 0 saturated carbocycles. The number of ether oxygens (including phenoxy) is 1. The predicted octanol–water partition coefficient (Wildman–Crippen LogP) is 2.53. The number of rotatable bonds is 2. The van der Waals surface area contributed by atoms with Gasteiger partial charge in [0.1, 0.15) is 5.75 Å². The fourth-order valence-corrected chi connectivity index (χ4v) is 3.68. The van der Waals surface area contributed by atoms with Crippen LogP contribution in [-0.4, -0.2) is 48.0 Å². The van der Waals surface area contributed by atoms with Gasteiger partial charge in [0.25, 0.3) is 0 Å². The summed E-state index contributed by atoms with van der Waals surface area (Å²) in [4.78, 5) is 7.26. The quantitative estimate of drug-likeness (QED) is 0.758. The second-order valence-corrected chi connectivity index (χ2v) is 6.65. The number of piperazine rings is 1. The second kappa shape index (κ2) is 5.63. The molecule has 3 aromatic rings. The van der Waals surface area contributed by atoms with Crippen LogP contribution < -0.4 is 15.0 Å². The monoisotopic (exact) mass is 325 g/mol. The molecule has 24 heavy (non-hydrogen) atoms. The summed E-state index contributed by atoms with van der Waals surface area (Å²) < 4.78 is 5.51. The molecule has 0 bridgehead atoms. The molecule has 0 aliphatic carbocycles. The maximum Gasteiger partial charge on any atom is 0.183 e. The van der Waals surface area contributed by atoms with E-state index in [4.69, 9.17) is 9.72 Å². The van der Waals surface area contributed by atoms with E-state index < -0.39 is 0 Å². The van der Waals surface area contributed by atoms with Gasteiger partial charge in [-0.1, -0.05) is 0 Å². The molecule has 0 spiro atoms. The van der Waals surface area contributed by atoms with Crippen molar-refractivity contribution in [2.45, 2.75) is 26.8 Å². The number of nitrogens with zero attached hydrogens (tertiary/aromatic N) is 3. The third-order valence-corrected chi connectivity index (χ3v) is 4.83. The van der Waals surface area contributed by atoms with Crippen LogP contribution in [0.5, 0.6) is 5.75 Å². The van der Waals surface area contributed by atoms with Gasteiger partial charge in [-0.15, -0.1) is 0 Å². The van der Waals surface area contributed by atoms with Crippen LogP contribution >= 0.6 is 0 Å². The second-order valence-electron chi connectivity index (χ2n) is 6.65. The lowest BCUT2D eigenvalue weighted by atomic mass is 10.0. The average Bonchev–Trinajstić information content (AvgIpc) is 2.94. The van der Waals surface area contributed by atoms with Crippen molar-refractivity contribution in [2.24, 2.45) is 0 Å². The lowest BCUT2D eigenvalue weighted by molar-refractivity contribution is 0.415. The fraction of sp³-hybridized carbons (Fsp3) is 0.444. The molecule has 1 aliphatic rings. The highest BCUT2D eigenvalue weighted by Crippen LogP contribution is 2.38. The van der Waals surface area contributed by atoms with Crippen molar-refractivity contribution >= 4 is 27.6 Å². The normalized spacial score (nSPS) is 18.5. The molecule has 6 nitrogen and oxygen atoms in total. The Morgan fingerprint density at radius 3 is 2.88 bits per heavy atom. The van der Waals surface area contributed by atoms with Crippen molar-refractivity contribution in [3.8, 4) is 5.75 Å². The van der Waals surface area contributed by atoms with E-state index in [1.165, 1.54) is 5.69 Å². The lowest BCUT2D eigenvalue weighted by Gasteiger charge is -2.35. The lowest BCUT2D eigenvalue weighted by Crippen LogP contribution is -2.49. The van der Waals surface area contributed by atoms with Crippen LogP contribution in [0.2, 0.25) is 0 Å². The number of fused-ring (bicyclic) bond motifs is 2. The van der Waals surface area contributed by atoms with E-state index in [1.54, 1.807) is 7.11 Å². The summed E-state index contributed by atoms with van der Waals surface area (Å²) in [5.74, 6) is 0.867. The molecule has 1 atom stereocenters. The summed E-state index contributed by atoms with van der Waals surface area (Å²) in [5.41, 5.74) is 5.17. The molecule has 6 heteroatoms. The summed E-state index contributed by atoms with van der Waals surface area (Å²) in [7, 11) is 1.71. The van der Waals surface area contributed by atoms with Crippen LogP contribution in [0.1, 0.15) is 18.2 Å². The summed E-state index contributed by atoms with van der Waals surface area (Å²) >= 11 is 0. The van der Waals surface area contributed by atoms with Gasteiger partial charge in [-0.05, 0) is 38.5 Å². The minimum atomic E-state index is 0.455. The summed E-state index contributed by atoms with van der Waals surface area (Å²) in [5, 5.41) is 13.3. The molecule has 3 heterocycles. The molecule has 0 radical (unpaired) electrons. The number of nitrogens with one attached hydrogen (secondary N) is 2. The first-order chi connectivity index (χ1) is 11.6. The van der Waals surface area contributed by atoms with Crippen molar-refractivity contribution in [3.63, 3.8) is 0 Å². The Bertz CT molecular complexity index is 917. The Balaban J connectivity index is 2.08. The zero-order valence-corrected chi connectivity index (χ0v) is 14.6. The zero-order valence-electron chi connectivity index (χ0n) is 14.6. The standard InChI is InChI=1S/C18H23N5O/c1-10-7-13(24-4)8-14-16(10)20-18-15(12(3)21-22-18)17(14)23-6-5-19-11(2)9-23/h7-8,11,19H,5-6,9H2,1-4H3,(H,20,21,22)/t11-/m1/s1. The smallest absolute Gasteiger partial charge is 0.183 e. The summed E-state index contributed by atoms with van der Waals surface area (Å²) in [6, 6.07) is 4.59. The van der Waals surface area contributed by atoms with Gasteiger partial charge in [-0.2, -0.15) is 5.10 Å². The number of benzene rings is 1. The SMILES string of the molecule is COc1cc(C)c2nc3n[nH]c(C)c3c(N3CCN[C@H](C)C3)c2c1. The van der Waals surface area contributed by atoms with Crippen LogP contribution in [-0.2, 0) is 0 Å². The first-order valence-electron chi connectivity index (χ1n) is 8.40. The van der Waals surface area contributed by atoms with E-state index in [9.17, 15) is 0 Å². The number of methoxy groups -OCH3 is 1. The van der Waals surface area contributed by atoms with Crippen molar-refractivity contribution in [1.82, 2.24) is 20.5 Å². The highest BCUT2D eigenvalue weighted by Gasteiger charge is 2.24. The third-order valence-electron chi connectivity index (χ3n) is 4.83. The molecule has 2 N–H and O–H groups in total. The van der Waals surface area contributed by atoms with Crippen molar-refractivity contribution in [1.29, 1.82) is 0 Å². The topological polar surface area (TPSA) is 66.1 Å². The van der Waals surface area contributed by atoms with Gasteiger partial charge >= 0.3 is 0 Å². The zero-order chi connectivity index (χ0) is 16.8. The number of aromatic nitrogens is 3. The molecule has 1 fully saturated rings. The van der Waals surface area contributed by atoms with Gasteiger partial charge < -0.3 is 15.0 Å². The van der Waals surface area contributed by atoms with Gasteiger partial charge in [0.2, 0.25) is 0 Å². The highest BCUT2D eigenvalue weighted by atomic mass is 16.5. The van der Waals surface area contributed by atoms with Gasteiger partial charge in [0.05, 0.1) is 23.7 Å². The Morgan fingerprint density at radius 1 is 1.29 bits per heavy atom. The number of pyridine rings is 1. The maximum atomic E-state index is 5.51. The summed E-state index contributed by atoms with van der Waals surface area (Å²) in [6.07, 6.45) is 0. The number of H-pyrrole nitrogens is 1. The molecule has 0 amide bonds. The Hall–Kier alpha value is -2.34. The van der Waals surface area contributed by atoms with E-state index in [2.05, 4.69) is 47.3 Å². The average molecular weight is 325 g/mol. The van der Waals surface area contributed by atoms with Crippen LogP contribution in [0.4, 0.5) is 5.69 Å². The third kappa shape index (κ3) is 2.29. The molecular weight excluding hydrogens is 302 g/mol. The molecule has 1 aliphatic heterocycles. The van der Waals surface area contributed by atoms with Gasteiger partial charge in [-0.25, -0.2) is 4.98 Å². The highest BCUT2D eigenvalue weighted by molar-refractivity contribution is 6.09. The van der Waals surface area contributed by atoms with E-state index >= 15 is 0 Å². The molecule has 126 valence electrons. The fourth-order valence-electron chi connectivity index (χ4n) is 3.68. The molecule has 1 aromatic carbocycles. The first kappa shape index (κ1) is 15.2. The van der Waals surface area contributed by atoms with E-state index in [1.807, 2.05) is 6.07 Å². The van der Waals surface area contributed by atoms with Gasteiger partial charge in [-0.3, -0.25) is 5.10 Å². The minimum absolute atomic E-state index is 0.455. The Morgan fingerprint density at radius 2 is 2.12 bits per heavy atom. The molecule has 4 rings (SSSR count).